The summed E-state index contributed by atoms with van der Waals surface area (Å²) in [7, 11) is 0. The first-order chi connectivity index (χ1) is 18.3. The van der Waals surface area contributed by atoms with Crippen LogP contribution in [0.3, 0.4) is 0 Å². The van der Waals surface area contributed by atoms with E-state index in [4.69, 9.17) is 16.3 Å². The van der Waals surface area contributed by atoms with E-state index in [2.05, 4.69) is 21.8 Å². The minimum Gasteiger partial charge on any atom is -0.593 e. The first kappa shape index (κ1) is 26.1. The summed E-state index contributed by atoms with van der Waals surface area (Å²) in [4.78, 5) is 15.5. The average Bonchev–Trinajstić information content (AvgIpc) is 3.12. The number of carbonyl (C=O) groups excluding carboxylic acids is 1. The summed E-state index contributed by atoms with van der Waals surface area (Å²) in [5.41, 5.74) is 3.76. The van der Waals surface area contributed by atoms with E-state index < -0.39 is 17.5 Å². The van der Waals surface area contributed by atoms with Gasteiger partial charge in [0.05, 0.1) is 29.8 Å². The number of fused-ring (bicyclic) bond motifs is 4. The van der Waals surface area contributed by atoms with Crippen LogP contribution in [-0.4, -0.2) is 47.1 Å². The van der Waals surface area contributed by atoms with Gasteiger partial charge in [0.25, 0.3) is 5.91 Å². The van der Waals surface area contributed by atoms with Crippen molar-refractivity contribution in [3.63, 3.8) is 0 Å². The smallest absolute Gasteiger partial charge is 0.292 e. The SMILES string of the molecule is C[C@@H]1/C=C\CC(O)C2CCC2CN2CC3(CCc4cc(Cl)ccc43)COc3ccc(cc32)C(=O)N[S+]([O-])C1. The van der Waals surface area contributed by atoms with Crippen LogP contribution in [0.1, 0.15) is 54.1 Å². The number of aryl methyl sites for hydroxylation is 1. The Morgan fingerprint density at radius 3 is 2.92 bits per heavy atom. The maximum atomic E-state index is 13.1. The highest BCUT2D eigenvalue weighted by Gasteiger charge is 2.45. The fourth-order valence-corrected chi connectivity index (χ4v) is 7.94. The molecule has 5 unspecified atom stereocenters. The third-order valence-electron chi connectivity index (χ3n) is 8.96. The number of ether oxygens (including phenoxy) is 1. The van der Waals surface area contributed by atoms with Crippen molar-refractivity contribution in [2.75, 3.05) is 30.3 Å². The van der Waals surface area contributed by atoms with E-state index in [9.17, 15) is 14.5 Å². The van der Waals surface area contributed by atoms with Crippen LogP contribution in [0.25, 0.3) is 0 Å². The Kier molecular flexibility index (Phi) is 7.14. The highest BCUT2D eigenvalue weighted by molar-refractivity contribution is 7.90. The zero-order valence-corrected chi connectivity index (χ0v) is 23.3. The minimum absolute atomic E-state index is 0.0322. The van der Waals surface area contributed by atoms with Crippen molar-refractivity contribution in [3.8, 4) is 5.75 Å². The lowest BCUT2D eigenvalue weighted by Gasteiger charge is -2.44. The Bertz CT molecular complexity index is 1250. The number of nitrogens with zero attached hydrogens (tertiary/aromatic N) is 1. The molecule has 8 heteroatoms. The second kappa shape index (κ2) is 10.4. The van der Waals surface area contributed by atoms with Gasteiger partial charge in [-0.15, -0.1) is 0 Å². The van der Waals surface area contributed by atoms with Crippen molar-refractivity contribution >= 4 is 34.6 Å². The molecule has 6 atom stereocenters. The number of benzene rings is 2. The monoisotopic (exact) mass is 554 g/mol. The molecule has 1 saturated carbocycles. The summed E-state index contributed by atoms with van der Waals surface area (Å²) in [5.74, 6) is 1.38. The fraction of sp³-hybridized carbons (Fsp3) is 0.500. The van der Waals surface area contributed by atoms with Crippen LogP contribution >= 0.6 is 11.6 Å². The first-order valence-electron chi connectivity index (χ1n) is 13.7. The van der Waals surface area contributed by atoms with Gasteiger partial charge in [-0.25, -0.2) is 0 Å². The van der Waals surface area contributed by atoms with E-state index in [0.29, 0.717) is 30.3 Å². The molecule has 6 nitrogen and oxygen atoms in total. The predicted molar refractivity (Wildman–Crippen MR) is 151 cm³/mol. The van der Waals surface area contributed by atoms with Gasteiger partial charge in [-0.1, -0.05) is 36.7 Å². The van der Waals surface area contributed by atoms with Gasteiger partial charge in [0.2, 0.25) is 0 Å². The molecule has 2 heterocycles. The van der Waals surface area contributed by atoms with Crippen LogP contribution in [0.2, 0.25) is 5.02 Å². The molecule has 0 radical (unpaired) electrons. The second-order valence-corrected chi connectivity index (χ2v) is 13.3. The largest absolute Gasteiger partial charge is 0.593 e. The van der Waals surface area contributed by atoms with Gasteiger partial charge in [-0.05, 0) is 85.4 Å². The predicted octanol–water partition coefficient (Wildman–Crippen LogP) is 4.80. The molecule has 1 amide bonds. The van der Waals surface area contributed by atoms with Crippen LogP contribution in [0.15, 0.2) is 48.6 Å². The molecule has 202 valence electrons. The molecule has 2 bridgehead atoms. The van der Waals surface area contributed by atoms with E-state index in [1.165, 1.54) is 11.1 Å². The average molecular weight is 555 g/mol. The van der Waals surface area contributed by atoms with Gasteiger partial charge < -0.3 is 19.3 Å². The number of nitrogens with one attached hydrogen (secondary N) is 1. The van der Waals surface area contributed by atoms with Crippen molar-refractivity contribution in [2.45, 2.75) is 50.5 Å². The number of hydrogen-bond acceptors (Lipinski definition) is 5. The van der Waals surface area contributed by atoms with Crippen LogP contribution in [0.4, 0.5) is 5.69 Å². The minimum atomic E-state index is -1.50. The van der Waals surface area contributed by atoms with Crippen molar-refractivity contribution in [3.05, 3.63) is 70.3 Å². The molecule has 4 aliphatic rings. The molecule has 2 aliphatic carbocycles. The number of carbonyl (C=O) groups is 1. The maximum Gasteiger partial charge on any atom is 0.292 e. The van der Waals surface area contributed by atoms with E-state index in [1.54, 1.807) is 6.07 Å². The Balaban J connectivity index is 1.38. The Morgan fingerprint density at radius 1 is 1.24 bits per heavy atom. The van der Waals surface area contributed by atoms with Crippen molar-refractivity contribution in [2.24, 2.45) is 17.8 Å². The van der Waals surface area contributed by atoms with Gasteiger partial charge in [0.15, 0.2) is 0 Å². The Morgan fingerprint density at radius 2 is 2.11 bits per heavy atom. The van der Waals surface area contributed by atoms with Crippen LogP contribution in [0.5, 0.6) is 5.75 Å². The van der Waals surface area contributed by atoms with Crippen LogP contribution in [-0.2, 0) is 23.2 Å². The number of rotatable bonds is 0. The lowest BCUT2D eigenvalue weighted by atomic mass is 9.69. The first-order valence-corrected chi connectivity index (χ1v) is 15.4. The van der Waals surface area contributed by atoms with Gasteiger partial charge in [-0.3, -0.25) is 4.79 Å². The molecule has 0 saturated heterocycles. The third kappa shape index (κ3) is 4.94. The Hall–Kier alpha value is -2.19. The molecule has 2 aliphatic heterocycles. The number of anilines is 1. The summed E-state index contributed by atoms with van der Waals surface area (Å²) in [5, 5.41) is 11.8. The number of aliphatic hydroxyl groups excluding tert-OH is 1. The molecule has 38 heavy (non-hydrogen) atoms. The molecule has 0 aromatic heterocycles. The van der Waals surface area contributed by atoms with Crippen molar-refractivity contribution in [1.29, 1.82) is 0 Å². The van der Waals surface area contributed by atoms with Crippen LogP contribution < -0.4 is 14.4 Å². The zero-order valence-electron chi connectivity index (χ0n) is 21.7. The lowest BCUT2D eigenvalue weighted by Crippen LogP contribution is -2.48. The van der Waals surface area contributed by atoms with Gasteiger partial charge in [0, 0.05) is 35.0 Å². The molecule has 1 spiro atoms. The quantitative estimate of drug-likeness (QED) is 0.361. The summed E-state index contributed by atoms with van der Waals surface area (Å²) >= 11 is 4.83. The fourth-order valence-electron chi connectivity index (χ4n) is 6.75. The molecular formula is C30H35ClN2O4S. The number of amides is 1. The van der Waals surface area contributed by atoms with E-state index >= 15 is 0 Å². The van der Waals surface area contributed by atoms with Gasteiger partial charge in [0.1, 0.15) is 11.5 Å². The van der Waals surface area contributed by atoms with E-state index in [1.807, 2.05) is 37.3 Å². The van der Waals surface area contributed by atoms with Crippen molar-refractivity contribution in [1.82, 2.24) is 4.72 Å². The van der Waals surface area contributed by atoms with Gasteiger partial charge in [-0.2, -0.15) is 4.72 Å². The lowest BCUT2D eigenvalue weighted by molar-refractivity contribution is 0.0177. The molecular weight excluding hydrogens is 520 g/mol. The normalized spacial score (nSPS) is 33.8. The summed E-state index contributed by atoms with van der Waals surface area (Å²) in [6.07, 6.45) is 8.22. The molecule has 1 fully saturated rings. The maximum absolute atomic E-state index is 13.1. The van der Waals surface area contributed by atoms with Crippen LogP contribution in [0, 0.1) is 17.8 Å². The Labute approximate surface area is 232 Å². The topological polar surface area (TPSA) is 84.9 Å². The zero-order chi connectivity index (χ0) is 26.4. The number of halogens is 1. The number of hydrogen-bond donors (Lipinski definition) is 2. The molecule has 6 rings (SSSR count). The highest BCUT2D eigenvalue weighted by atomic mass is 35.5. The van der Waals surface area contributed by atoms with Gasteiger partial charge >= 0.3 is 0 Å². The summed E-state index contributed by atoms with van der Waals surface area (Å²) in [6, 6.07) is 11.7. The second-order valence-electron chi connectivity index (χ2n) is 11.6. The molecule has 2 aromatic carbocycles. The summed E-state index contributed by atoms with van der Waals surface area (Å²) < 4.78 is 21.8. The van der Waals surface area contributed by atoms with Crippen molar-refractivity contribution < 1.29 is 19.2 Å². The third-order valence-corrected chi connectivity index (χ3v) is 10.4. The summed E-state index contributed by atoms with van der Waals surface area (Å²) in [6.45, 7) is 4.09. The standard InChI is InChI=1S/C30H35ClN2O4S/c1-19-3-2-4-27(34)24-8-5-22(24)15-33-17-30(12-11-20-13-23(31)7-9-25(20)30)18-37-28-10-6-21(14-26(28)33)29(35)32-38(36)16-19/h2-3,6-7,9-10,13-14,19,22,24,27,34H,4-5,8,11-12,15-18H2,1H3,(H,32,35)/b3-2-/t19-,22?,24?,27?,30?,38?/m1/s1. The number of allylic oxidation sites excluding steroid dienone is 1. The van der Waals surface area contributed by atoms with E-state index in [0.717, 1.165) is 55.2 Å². The molecule has 2 aromatic rings. The van der Waals surface area contributed by atoms with E-state index in [-0.39, 0.29) is 23.2 Å². The number of aliphatic hydroxyl groups is 1. The molecule has 2 N–H and O–H groups in total. The highest BCUT2D eigenvalue weighted by Crippen LogP contribution is 2.47.